The molecule has 2 atom stereocenters. The van der Waals surface area contributed by atoms with Crippen molar-refractivity contribution in [3.63, 3.8) is 0 Å². The average Bonchev–Trinajstić information content (AvgIpc) is 3.35. The molecule has 1 aliphatic rings. The van der Waals surface area contributed by atoms with Crippen molar-refractivity contribution < 1.29 is 4.74 Å². The van der Waals surface area contributed by atoms with Crippen LogP contribution in [0.25, 0.3) is 22.1 Å². The van der Waals surface area contributed by atoms with Crippen LogP contribution in [-0.4, -0.2) is 37.2 Å². The van der Waals surface area contributed by atoms with Crippen molar-refractivity contribution >= 4 is 51.4 Å². The van der Waals surface area contributed by atoms with E-state index in [0.29, 0.717) is 22.1 Å². The molecule has 4 aromatic rings. The fourth-order valence-corrected chi connectivity index (χ4v) is 4.39. The maximum absolute atomic E-state index is 6.20. The minimum atomic E-state index is -0.0948. The van der Waals surface area contributed by atoms with Gasteiger partial charge in [0.15, 0.2) is 11.5 Å². The first-order chi connectivity index (χ1) is 14.2. The van der Waals surface area contributed by atoms with Gasteiger partial charge in [0.2, 0.25) is 0 Å². The molecule has 148 valence electrons. The minimum Gasteiger partial charge on any atom is -0.382 e. The molecular formula is C19H18ClN7OS. The second-order valence-corrected chi connectivity index (χ2v) is 8.16. The number of nitrogens with one attached hydrogen (secondary N) is 1. The molecule has 1 aliphatic heterocycles. The summed E-state index contributed by atoms with van der Waals surface area (Å²) in [6.45, 7) is 0.738. The van der Waals surface area contributed by atoms with Crippen molar-refractivity contribution in [1.29, 1.82) is 0 Å². The highest BCUT2D eigenvalue weighted by molar-refractivity contribution is 7.97. The van der Waals surface area contributed by atoms with Crippen molar-refractivity contribution in [2.24, 2.45) is 0 Å². The summed E-state index contributed by atoms with van der Waals surface area (Å²) >= 11 is 7.52. The molecule has 1 fully saturated rings. The van der Waals surface area contributed by atoms with E-state index in [1.165, 1.54) is 6.33 Å². The van der Waals surface area contributed by atoms with Gasteiger partial charge in [-0.05, 0) is 55.1 Å². The van der Waals surface area contributed by atoms with Crippen LogP contribution < -0.4 is 10.5 Å². The summed E-state index contributed by atoms with van der Waals surface area (Å²) in [5.74, 6) is 0.384. The standard InChI is InChI=1S/C19H18ClN7OS/c20-15-5-1-11-7-13(3-4-14(11)26-15)29-25-8-12-2-6-16(28-12)27-10-24-17-18(21)22-9-23-19(17)27/h1,3-5,7,9-10,12,16,25H,2,6,8H2,(H2,21,22,23)/t12?,16-/m1/s1. The van der Waals surface area contributed by atoms with Gasteiger partial charge in [0.25, 0.3) is 0 Å². The van der Waals surface area contributed by atoms with Crippen LogP contribution in [-0.2, 0) is 4.74 Å². The molecule has 0 bridgehead atoms. The van der Waals surface area contributed by atoms with Gasteiger partial charge in [0, 0.05) is 16.8 Å². The van der Waals surface area contributed by atoms with Gasteiger partial charge in [-0.15, -0.1) is 0 Å². The molecule has 0 radical (unpaired) electrons. The molecule has 1 saturated heterocycles. The lowest BCUT2D eigenvalue weighted by Gasteiger charge is -2.15. The van der Waals surface area contributed by atoms with E-state index >= 15 is 0 Å². The summed E-state index contributed by atoms with van der Waals surface area (Å²) in [5.41, 5.74) is 8.07. The largest absolute Gasteiger partial charge is 0.382 e. The lowest BCUT2D eigenvalue weighted by Crippen LogP contribution is -2.22. The lowest BCUT2D eigenvalue weighted by atomic mass is 10.2. The van der Waals surface area contributed by atoms with E-state index in [1.54, 1.807) is 24.3 Å². The molecule has 3 N–H and O–H groups in total. The minimum absolute atomic E-state index is 0.0948. The van der Waals surface area contributed by atoms with Crippen LogP contribution in [0.4, 0.5) is 5.82 Å². The zero-order chi connectivity index (χ0) is 19.8. The number of imidazole rings is 1. The predicted molar refractivity (Wildman–Crippen MR) is 113 cm³/mol. The van der Waals surface area contributed by atoms with Crippen molar-refractivity contribution in [2.75, 3.05) is 12.3 Å². The monoisotopic (exact) mass is 427 g/mol. The molecule has 29 heavy (non-hydrogen) atoms. The van der Waals surface area contributed by atoms with Crippen molar-refractivity contribution in [3.05, 3.63) is 48.1 Å². The molecule has 0 aliphatic carbocycles. The zero-order valence-electron chi connectivity index (χ0n) is 15.3. The average molecular weight is 428 g/mol. The van der Waals surface area contributed by atoms with Crippen molar-refractivity contribution in [2.45, 2.75) is 30.1 Å². The summed E-state index contributed by atoms with van der Waals surface area (Å²) < 4.78 is 11.5. The first-order valence-corrected chi connectivity index (χ1v) is 10.4. The van der Waals surface area contributed by atoms with Gasteiger partial charge in [-0.25, -0.2) is 19.9 Å². The molecule has 10 heteroatoms. The topological polar surface area (TPSA) is 104 Å². The Morgan fingerprint density at radius 1 is 1.21 bits per heavy atom. The number of rotatable bonds is 5. The van der Waals surface area contributed by atoms with Crippen molar-refractivity contribution in [1.82, 2.24) is 29.2 Å². The molecule has 1 aromatic carbocycles. The van der Waals surface area contributed by atoms with Crippen LogP contribution in [0.1, 0.15) is 19.1 Å². The summed E-state index contributed by atoms with van der Waals surface area (Å²) in [6, 6.07) is 9.88. The van der Waals surface area contributed by atoms with Crippen LogP contribution in [0, 0.1) is 0 Å². The van der Waals surface area contributed by atoms with Crippen LogP contribution in [0.2, 0.25) is 5.15 Å². The molecule has 0 spiro atoms. The van der Waals surface area contributed by atoms with E-state index in [9.17, 15) is 0 Å². The van der Waals surface area contributed by atoms with Crippen LogP contribution in [0.5, 0.6) is 0 Å². The van der Waals surface area contributed by atoms with Gasteiger partial charge in [-0.3, -0.25) is 9.29 Å². The number of nitrogens with two attached hydrogens (primary N) is 1. The van der Waals surface area contributed by atoms with E-state index in [1.807, 2.05) is 22.8 Å². The third-order valence-corrected chi connectivity index (χ3v) is 5.92. The second kappa shape index (κ2) is 7.75. The lowest BCUT2D eigenvalue weighted by molar-refractivity contribution is 0.00738. The second-order valence-electron chi connectivity index (χ2n) is 6.81. The van der Waals surface area contributed by atoms with E-state index in [4.69, 9.17) is 22.1 Å². The summed E-state index contributed by atoms with van der Waals surface area (Å²) in [6.07, 6.45) is 5.05. The number of aromatic nitrogens is 5. The number of nitrogen functional groups attached to an aromatic ring is 1. The Bertz CT molecular complexity index is 1180. The molecule has 1 unspecified atom stereocenters. The number of ether oxygens (including phenoxy) is 1. The first-order valence-electron chi connectivity index (χ1n) is 9.22. The summed E-state index contributed by atoms with van der Waals surface area (Å²) in [7, 11) is 0. The summed E-state index contributed by atoms with van der Waals surface area (Å²) in [5, 5.41) is 1.57. The quantitative estimate of drug-likeness (QED) is 0.368. The van der Waals surface area contributed by atoms with Crippen LogP contribution in [0.15, 0.2) is 47.9 Å². The maximum atomic E-state index is 6.20. The molecule has 8 nitrogen and oxygen atoms in total. The third kappa shape index (κ3) is 3.74. The number of benzene rings is 1. The van der Waals surface area contributed by atoms with E-state index < -0.39 is 0 Å². The van der Waals surface area contributed by atoms with Crippen LogP contribution >= 0.6 is 23.5 Å². The number of hydrogen-bond acceptors (Lipinski definition) is 8. The number of halogens is 1. The number of nitrogens with zero attached hydrogens (tertiary/aromatic N) is 5. The number of hydrogen-bond donors (Lipinski definition) is 2. The van der Waals surface area contributed by atoms with Crippen molar-refractivity contribution in [3.8, 4) is 0 Å². The van der Waals surface area contributed by atoms with Gasteiger partial charge in [0.1, 0.15) is 23.2 Å². The SMILES string of the molecule is Nc1ncnc2c1ncn2[C@H]1CCC(CNSc2ccc3nc(Cl)ccc3c2)O1. The van der Waals surface area contributed by atoms with E-state index in [0.717, 1.165) is 35.2 Å². The van der Waals surface area contributed by atoms with Gasteiger partial charge >= 0.3 is 0 Å². The fraction of sp³-hybridized carbons (Fsp3) is 0.263. The smallest absolute Gasteiger partial charge is 0.167 e. The van der Waals surface area contributed by atoms with Gasteiger partial charge in [0.05, 0.1) is 17.9 Å². The molecule has 4 heterocycles. The molecule has 5 rings (SSSR count). The Morgan fingerprint density at radius 3 is 3.07 bits per heavy atom. The highest BCUT2D eigenvalue weighted by atomic mass is 35.5. The van der Waals surface area contributed by atoms with Gasteiger partial charge in [-0.1, -0.05) is 11.6 Å². The third-order valence-electron chi connectivity index (χ3n) is 4.91. The van der Waals surface area contributed by atoms with E-state index in [2.05, 4.69) is 30.7 Å². The molecule has 0 saturated carbocycles. The predicted octanol–water partition coefficient (Wildman–Crippen LogP) is 3.58. The molecule has 3 aromatic heterocycles. The molecule has 0 amide bonds. The van der Waals surface area contributed by atoms with E-state index in [-0.39, 0.29) is 12.3 Å². The Morgan fingerprint density at radius 2 is 2.14 bits per heavy atom. The number of pyridine rings is 1. The van der Waals surface area contributed by atoms with Crippen LogP contribution in [0.3, 0.4) is 0 Å². The highest BCUT2D eigenvalue weighted by Crippen LogP contribution is 2.31. The van der Waals surface area contributed by atoms with Gasteiger partial charge in [-0.2, -0.15) is 0 Å². The number of anilines is 1. The Balaban J connectivity index is 1.19. The Hall–Kier alpha value is -2.46. The maximum Gasteiger partial charge on any atom is 0.167 e. The number of fused-ring (bicyclic) bond motifs is 2. The Kier molecular flexibility index (Phi) is 4.96. The highest BCUT2D eigenvalue weighted by Gasteiger charge is 2.28. The molecular weight excluding hydrogens is 410 g/mol. The summed E-state index contributed by atoms with van der Waals surface area (Å²) in [4.78, 5) is 18.0. The zero-order valence-corrected chi connectivity index (χ0v) is 16.9. The fourth-order valence-electron chi connectivity index (χ4n) is 3.48. The first kappa shape index (κ1) is 18.6. The Labute approximate surface area is 176 Å². The normalized spacial score (nSPS) is 19.3. The van der Waals surface area contributed by atoms with Gasteiger partial charge < -0.3 is 10.5 Å².